The maximum Gasteiger partial charge on any atom is 0.161 e. The summed E-state index contributed by atoms with van der Waals surface area (Å²) in [5.41, 5.74) is 1.67. The van der Waals surface area contributed by atoms with Gasteiger partial charge in [0.2, 0.25) is 0 Å². The van der Waals surface area contributed by atoms with E-state index in [9.17, 15) is 0 Å². The van der Waals surface area contributed by atoms with Gasteiger partial charge in [-0.3, -0.25) is 0 Å². The third-order valence-corrected chi connectivity index (χ3v) is 4.94. The molecule has 112 valence electrons. The largest absolute Gasteiger partial charge is 0.493 e. The van der Waals surface area contributed by atoms with E-state index in [0.29, 0.717) is 17.4 Å². The highest BCUT2D eigenvalue weighted by Crippen LogP contribution is 2.58. The molecule has 0 aromatic heterocycles. The van der Waals surface area contributed by atoms with Gasteiger partial charge < -0.3 is 14.8 Å². The van der Waals surface area contributed by atoms with Crippen LogP contribution in [0.5, 0.6) is 11.5 Å². The van der Waals surface area contributed by atoms with Crippen molar-refractivity contribution in [1.82, 2.24) is 5.32 Å². The molecule has 2 atom stereocenters. The first-order chi connectivity index (χ1) is 9.44. The highest BCUT2D eigenvalue weighted by molar-refractivity contribution is 9.10. The van der Waals surface area contributed by atoms with Crippen LogP contribution in [0.1, 0.15) is 38.8 Å². The summed E-state index contributed by atoms with van der Waals surface area (Å²) in [5, 5.41) is 3.62. The van der Waals surface area contributed by atoms with Gasteiger partial charge >= 0.3 is 0 Å². The van der Waals surface area contributed by atoms with E-state index in [-0.39, 0.29) is 0 Å². The molecule has 0 saturated heterocycles. The summed E-state index contributed by atoms with van der Waals surface area (Å²) in [6.45, 7) is 7.77. The van der Waals surface area contributed by atoms with Crippen LogP contribution in [0.2, 0.25) is 0 Å². The van der Waals surface area contributed by atoms with Gasteiger partial charge in [-0.1, -0.05) is 36.7 Å². The maximum atomic E-state index is 5.44. The average molecular weight is 342 g/mol. The number of benzene rings is 1. The molecule has 0 radical (unpaired) electrons. The summed E-state index contributed by atoms with van der Waals surface area (Å²) < 4.78 is 11.9. The average Bonchev–Trinajstić information content (AvgIpc) is 3.04. The number of halogens is 1. The molecule has 0 aliphatic heterocycles. The van der Waals surface area contributed by atoms with Gasteiger partial charge in [0.05, 0.1) is 14.2 Å². The lowest BCUT2D eigenvalue weighted by atomic mass is 9.96. The Balaban J connectivity index is 2.38. The lowest BCUT2D eigenvalue weighted by Crippen LogP contribution is -2.24. The fourth-order valence-electron chi connectivity index (χ4n) is 2.87. The number of methoxy groups -OCH3 is 2. The monoisotopic (exact) mass is 341 g/mol. The van der Waals surface area contributed by atoms with Gasteiger partial charge in [0, 0.05) is 10.5 Å². The first-order valence-electron chi connectivity index (χ1n) is 7.09. The molecule has 0 bridgehead atoms. The van der Waals surface area contributed by atoms with Crippen molar-refractivity contribution in [2.45, 2.75) is 33.2 Å². The van der Waals surface area contributed by atoms with Crippen molar-refractivity contribution in [3.05, 3.63) is 22.2 Å². The van der Waals surface area contributed by atoms with E-state index >= 15 is 0 Å². The van der Waals surface area contributed by atoms with Crippen LogP contribution in [-0.4, -0.2) is 20.8 Å². The quantitative estimate of drug-likeness (QED) is 0.842. The van der Waals surface area contributed by atoms with Gasteiger partial charge in [-0.25, -0.2) is 0 Å². The second-order valence-electron chi connectivity index (χ2n) is 6.06. The zero-order valence-corrected chi connectivity index (χ0v) is 14.5. The summed E-state index contributed by atoms with van der Waals surface area (Å²) in [6.07, 6.45) is 1.26. The Bertz CT molecular complexity index is 488. The third kappa shape index (κ3) is 2.96. The predicted octanol–water partition coefficient (Wildman–Crippen LogP) is 4.16. The summed E-state index contributed by atoms with van der Waals surface area (Å²) >= 11 is 3.68. The van der Waals surface area contributed by atoms with E-state index in [1.165, 1.54) is 12.0 Å². The van der Waals surface area contributed by atoms with Crippen LogP contribution >= 0.6 is 15.9 Å². The Labute approximate surface area is 130 Å². The van der Waals surface area contributed by atoms with Gasteiger partial charge in [-0.05, 0) is 42.0 Å². The van der Waals surface area contributed by atoms with Gasteiger partial charge in [0.1, 0.15) is 0 Å². The van der Waals surface area contributed by atoms with E-state index in [0.717, 1.165) is 22.5 Å². The Hall–Kier alpha value is -0.740. The fraction of sp³-hybridized carbons (Fsp3) is 0.625. The van der Waals surface area contributed by atoms with Crippen molar-refractivity contribution in [2.24, 2.45) is 11.3 Å². The van der Waals surface area contributed by atoms with Crippen LogP contribution in [-0.2, 0) is 0 Å². The smallest absolute Gasteiger partial charge is 0.161 e. The maximum absolute atomic E-state index is 5.44. The molecule has 2 unspecified atom stereocenters. The number of rotatable bonds is 6. The van der Waals surface area contributed by atoms with E-state index in [1.807, 2.05) is 6.07 Å². The molecular weight excluding hydrogens is 318 g/mol. The molecule has 3 nitrogen and oxygen atoms in total. The first kappa shape index (κ1) is 15.6. The topological polar surface area (TPSA) is 30.5 Å². The molecule has 0 heterocycles. The van der Waals surface area contributed by atoms with Crippen LogP contribution in [0.4, 0.5) is 0 Å². The number of ether oxygens (including phenoxy) is 2. The molecule has 1 aliphatic carbocycles. The van der Waals surface area contributed by atoms with Crippen LogP contribution in [0, 0.1) is 11.3 Å². The number of nitrogens with one attached hydrogen (secondary N) is 1. The minimum Gasteiger partial charge on any atom is -0.493 e. The molecule has 1 N–H and O–H groups in total. The Morgan fingerprint density at radius 3 is 2.30 bits per heavy atom. The summed E-state index contributed by atoms with van der Waals surface area (Å²) in [7, 11) is 3.34. The van der Waals surface area contributed by atoms with Gasteiger partial charge in [0.25, 0.3) is 0 Å². The molecule has 1 aromatic rings. The highest BCUT2D eigenvalue weighted by Gasteiger charge is 2.50. The van der Waals surface area contributed by atoms with E-state index in [2.05, 4.69) is 48.1 Å². The van der Waals surface area contributed by atoms with Crippen LogP contribution in [0.15, 0.2) is 16.6 Å². The Morgan fingerprint density at radius 1 is 1.30 bits per heavy atom. The lowest BCUT2D eigenvalue weighted by Gasteiger charge is -2.23. The van der Waals surface area contributed by atoms with Crippen molar-refractivity contribution in [2.75, 3.05) is 20.8 Å². The second-order valence-corrected chi connectivity index (χ2v) is 6.92. The van der Waals surface area contributed by atoms with Crippen molar-refractivity contribution in [3.8, 4) is 11.5 Å². The molecule has 20 heavy (non-hydrogen) atoms. The molecule has 0 amide bonds. The second kappa shape index (κ2) is 5.94. The molecule has 1 aromatic carbocycles. The third-order valence-electron chi connectivity index (χ3n) is 4.25. The van der Waals surface area contributed by atoms with Gasteiger partial charge in [0.15, 0.2) is 11.5 Å². The van der Waals surface area contributed by atoms with E-state index < -0.39 is 0 Å². The summed E-state index contributed by atoms with van der Waals surface area (Å²) in [6, 6.07) is 4.43. The zero-order valence-electron chi connectivity index (χ0n) is 12.9. The molecule has 2 rings (SSSR count). The Kier molecular flexibility index (Phi) is 4.65. The number of hydrogen-bond donors (Lipinski definition) is 1. The predicted molar refractivity (Wildman–Crippen MR) is 85.6 cm³/mol. The van der Waals surface area contributed by atoms with Crippen molar-refractivity contribution in [1.29, 1.82) is 0 Å². The molecule has 4 heteroatoms. The normalized spacial score (nSPS) is 21.4. The molecule has 1 fully saturated rings. The van der Waals surface area contributed by atoms with Crippen LogP contribution in [0.3, 0.4) is 0 Å². The summed E-state index contributed by atoms with van der Waals surface area (Å²) in [4.78, 5) is 0. The standard InChI is InChI=1S/C16H24BrNO2/c1-6-18-15(11-9-16(11,2)3)10-7-13(19-4)14(20-5)8-12(10)17/h7-8,11,15,18H,6,9H2,1-5H3. The lowest BCUT2D eigenvalue weighted by molar-refractivity contribution is 0.352. The number of hydrogen-bond acceptors (Lipinski definition) is 3. The minimum absolute atomic E-state index is 0.351. The molecular formula is C16H24BrNO2. The summed E-state index contributed by atoms with van der Waals surface area (Å²) in [5.74, 6) is 2.21. The van der Waals surface area contributed by atoms with Gasteiger partial charge in [-0.2, -0.15) is 0 Å². The zero-order chi connectivity index (χ0) is 14.9. The Morgan fingerprint density at radius 2 is 1.85 bits per heavy atom. The molecule has 0 spiro atoms. The SMILES string of the molecule is CCNC(c1cc(OC)c(OC)cc1Br)C1CC1(C)C. The minimum atomic E-state index is 0.351. The fourth-order valence-corrected chi connectivity index (χ4v) is 3.44. The molecule has 1 aliphatic rings. The van der Waals surface area contributed by atoms with Crippen molar-refractivity contribution < 1.29 is 9.47 Å². The highest BCUT2D eigenvalue weighted by atomic mass is 79.9. The van der Waals surface area contributed by atoms with Crippen molar-refractivity contribution in [3.63, 3.8) is 0 Å². The van der Waals surface area contributed by atoms with E-state index in [1.54, 1.807) is 14.2 Å². The van der Waals surface area contributed by atoms with E-state index in [4.69, 9.17) is 9.47 Å². The first-order valence-corrected chi connectivity index (χ1v) is 7.88. The van der Waals surface area contributed by atoms with Crippen molar-refractivity contribution >= 4 is 15.9 Å². The van der Waals surface area contributed by atoms with Crippen LogP contribution in [0.25, 0.3) is 0 Å². The molecule has 1 saturated carbocycles. The van der Waals surface area contributed by atoms with Gasteiger partial charge in [-0.15, -0.1) is 0 Å². The van der Waals surface area contributed by atoms with Crippen LogP contribution < -0.4 is 14.8 Å².